The zero-order valence-electron chi connectivity index (χ0n) is 12.3. The lowest BCUT2D eigenvalue weighted by molar-refractivity contribution is -0.387. The first kappa shape index (κ1) is 16.7. The SMILES string of the molecule is CC(C)=CCNS(=O)(=O)c1ccc(-c2nn[nH]n2)cc1[N+](=O)[O-]. The van der Waals surface area contributed by atoms with Crippen LogP contribution in [-0.4, -0.2) is 40.5 Å². The Morgan fingerprint density at radius 1 is 1.43 bits per heavy atom. The first-order valence-corrected chi connectivity index (χ1v) is 7.95. The quantitative estimate of drug-likeness (QED) is 0.454. The predicted octanol–water partition coefficient (Wildman–Crippen LogP) is 1.02. The minimum absolute atomic E-state index is 0.0500. The Labute approximate surface area is 131 Å². The minimum Gasteiger partial charge on any atom is -0.258 e. The maximum absolute atomic E-state index is 12.2. The summed E-state index contributed by atoms with van der Waals surface area (Å²) in [5.41, 5.74) is 0.653. The Hall–Kier alpha value is -2.66. The highest BCUT2D eigenvalue weighted by Crippen LogP contribution is 2.28. The van der Waals surface area contributed by atoms with Crippen LogP contribution < -0.4 is 4.72 Å². The van der Waals surface area contributed by atoms with Crippen molar-refractivity contribution in [2.24, 2.45) is 0 Å². The lowest BCUT2D eigenvalue weighted by Crippen LogP contribution is -2.24. The molecule has 2 rings (SSSR count). The summed E-state index contributed by atoms with van der Waals surface area (Å²) in [6, 6.07) is 3.63. The van der Waals surface area contributed by atoms with E-state index >= 15 is 0 Å². The molecule has 0 saturated carbocycles. The van der Waals surface area contributed by atoms with Gasteiger partial charge in [0, 0.05) is 18.2 Å². The van der Waals surface area contributed by atoms with Crippen LogP contribution in [0.4, 0.5) is 5.69 Å². The highest BCUT2D eigenvalue weighted by Gasteiger charge is 2.26. The van der Waals surface area contributed by atoms with Gasteiger partial charge in [0.25, 0.3) is 5.69 Å². The van der Waals surface area contributed by atoms with E-state index in [0.717, 1.165) is 17.7 Å². The van der Waals surface area contributed by atoms with Crippen LogP contribution in [0.3, 0.4) is 0 Å². The van der Waals surface area contributed by atoms with E-state index in [1.807, 2.05) is 13.8 Å². The number of hydrogen-bond acceptors (Lipinski definition) is 7. The number of H-pyrrole nitrogens is 1. The zero-order valence-corrected chi connectivity index (χ0v) is 13.2. The number of rotatable bonds is 6. The van der Waals surface area contributed by atoms with Gasteiger partial charge in [0.15, 0.2) is 4.90 Å². The normalized spacial score (nSPS) is 11.2. The second-order valence-corrected chi connectivity index (χ2v) is 6.54. The monoisotopic (exact) mass is 338 g/mol. The summed E-state index contributed by atoms with van der Waals surface area (Å²) in [6.07, 6.45) is 1.66. The molecule has 2 N–H and O–H groups in total. The van der Waals surface area contributed by atoms with Gasteiger partial charge in [-0.05, 0) is 31.2 Å². The van der Waals surface area contributed by atoms with Crippen molar-refractivity contribution < 1.29 is 13.3 Å². The van der Waals surface area contributed by atoms with Gasteiger partial charge < -0.3 is 0 Å². The first-order chi connectivity index (χ1) is 10.8. The van der Waals surface area contributed by atoms with Crippen molar-refractivity contribution in [1.29, 1.82) is 0 Å². The standard InChI is InChI=1S/C12H14N6O4S/c1-8(2)5-6-13-23(21,22)11-4-3-9(7-10(11)18(19)20)12-14-16-17-15-12/h3-5,7,13H,6H2,1-2H3,(H,14,15,16,17). The third kappa shape index (κ3) is 3.96. The number of tetrazole rings is 1. The molecule has 0 spiro atoms. The van der Waals surface area contributed by atoms with Gasteiger partial charge in [0.05, 0.1) is 4.92 Å². The lowest BCUT2D eigenvalue weighted by atomic mass is 10.2. The smallest absolute Gasteiger partial charge is 0.258 e. The van der Waals surface area contributed by atoms with Gasteiger partial charge in [-0.1, -0.05) is 11.6 Å². The molecule has 0 radical (unpaired) electrons. The zero-order chi connectivity index (χ0) is 17.0. The Morgan fingerprint density at radius 3 is 2.74 bits per heavy atom. The number of benzene rings is 1. The molecule has 1 heterocycles. The highest BCUT2D eigenvalue weighted by molar-refractivity contribution is 7.89. The van der Waals surface area contributed by atoms with Gasteiger partial charge in [0.1, 0.15) is 0 Å². The first-order valence-electron chi connectivity index (χ1n) is 6.46. The van der Waals surface area contributed by atoms with Crippen molar-refractivity contribution in [3.05, 3.63) is 40.0 Å². The van der Waals surface area contributed by atoms with Gasteiger partial charge in [-0.25, -0.2) is 13.1 Å². The maximum Gasteiger partial charge on any atom is 0.290 e. The van der Waals surface area contributed by atoms with Gasteiger partial charge in [-0.2, -0.15) is 5.21 Å². The van der Waals surface area contributed by atoms with Crippen molar-refractivity contribution in [2.75, 3.05) is 6.54 Å². The van der Waals surface area contributed by atoms with Crippen LogP contribution >= 0.6 is 0 Å². The van der Waals surface area contributed by atoms with Gasteiger partial charge in [0.2, 0.25) is 15.8 Å². The molecule has 0 atom stereocenters. The van der Waals surface area contributed by atoms with Crippen LogP contribution in [0.25, 0.3) is 11.4 Å². The Morgan fingerprint density at radius 2 is 2.17 bits per heavy atom. The minimum atomic E-state index is -4.02. The van der Waals surface area contributed by atoms with E-state index in [1.54, 1.807) is 6.08 Å². The number of sulfonamides is 1. The summed E-state index contributed by atoms with van der Waals surface area (Å²) in [6.45, 7) is 3.68. The topological polar surface area (TPSA) is 144 Å². The summed E-state index contributed by atoms with van der Waals surface area (Å²) in [7, 11) is -4.02. The number of nitrogens with zero attached hydrogens (tertiary/aromatic N) is 4. The molecule has 23 heavy (non-hydrogen) atoms. The highest BCUT2D eigenvalue weighted by atomic mass is 32.2. The largest absolute Gasteiger partial charge is 0.290 e. The fraction of sp³-hybridized carbons (Fsp3) is 0.250. The molecule has 1 aromatic heterocycles. The fourth-order valence-electron chi connectivity index (χ4n) is 1.74. The van der Waals surface area contributed by atoms with Gasteiger partial charge in [-0.15, -0.1) is 10.2 Å². The van der Waals surface area contributed by atoms with Crippen LogP contribution in [0.15, 0.2) is 34.7 Å². The Balaban J connectivity index is 2.42. The number of hydrogen-bond donors (Lipinski definition) is 2. The average Bonchev–Trinajstić information content (AvgIpc) is 3.00. The number of nitro benzene ring substituents is 1. The average molecular weight is 338 g/mol. The van der Waals surface area contributed by atoms with Crippen LogP contribution in [-0.2, 0) is 10.0 Å². The van der Waals surface area contributed by atoms with Gasteiger partial charge >= 0.3 is 0 Å². The third-order valence-electron chi connectivity index (χ3n) is 2.83. The summed E-state index contributed by atoms with van der Waals surface area (Å²) >= 11 is 0. The molecular formula is C12H14N6O4S. The lowest BCUT2D eigenvalue weighted by Gasteiger charge is -2.06. The second-order valence-electron chi connectivity index (χ2n) is 4.81. The molecule has 0 aliphatic heterocycles. The fourth-order valence-corrected chi connectivity index (χ4v) is 2.86. The summed E-state index contributed by atoms with van der Waals surface area (Å²) in [4.78, 5) is 10.0. The van der Waals surface area contributed by atoms with Crippen molar-refractivity contribution in [1.82, 2.24) is 25.3 Å². The van der Waals surface area contributed by atoms with Crippen molar-refractivity contribution >= 4 is 15.7 Å². The second kappa shape index (κ2) is 6.62. The maximum atomic E-state index is 12.2. The van der Waals surface area contributed by atoms with E-state index in [-0.39, 0.29) is 17.9 Å². The van der Waals surface area contributed by atoms with Crippen molar-refractivity contribution in [3.8, 4) is 11.4 Å². The number of aromatic nitrogens is 4. The van der Waals surface area contributed by atoms with E-state index in [4.69, 9.17) is 0 Å². The molecule has 11 heteroatoms. The van der Waals surface area contributed by atoms with Crippen LogP contribution in [0.1, 0.15) is 13.8 Å². The molecule has 10 nitrogen and oxygen atoms in total. The summed E-state index contributed by atoms with van der Waals surface area (Å²) in [5.74, 6) is 0.134. The van der Waals surface area contributed by atoms with E-state index < -0.39 is 25.5 Å². The molecule has 0 aliphatic carbocycles. The number of nitro groups is 1. The van der Waals surface area contributed by atoms with Crippen LogP contribution in [0.5, 0.6) is 0 Å². The van der Waals surface area contributed by atoms with E-state index in [1.165, 1.54) is 6.07 Å². The van der Waals surface area contributed by atoms with Crippen molar-refractivity contribution in [3.63, 3.8) is 0 Å². The van der Waals surface area contributed by atoms with Crippen LogP contribution in [0, 0.1) is 10.1 Å². The molecule has 0 unspecified atom stereocenters. The Kier molecular flexibility index (Phi) is 4.81. The molecule has 0 saturated heterocycles. The molecule has 0 fully saturated rings. The molecular weight excluding hydrogens is 324 g/mol. The molecule has 2 aromatic rings. The molecule has 0 bridgehead atoms. The third-order valence-corrected chi connectivity index (χ3v) is 4.30. The van der Waals surface area contributed by atoms with Crippen molar-refractivity contribution in [2.45, 2.75) is 18.7 Å². The van der Waals surface area contributed by atoms with E-state index in [2.05, 4.69) is 25.3 Å². The number of aromatic amines is 1. The summed E-state index contributed by atoms with van der Waals surface area (Å²) < 4.78 is 26.8. The van der Waals surface area contributed by atoms with E-state index in [0.29, 0.717) is 0 Å². The Bertz CT molecular complexity index is 840. The van der Waals surface area contributed by atoms with E-state index in [9.17, 15) is 18.5 Å². The molecule has 0 amide bonds. The van der Waals surface area contributed by atoms with Crippen LogP contribution in [0.2, 0.25) is 0 Å². The number of nitrogens with one attached hydrogen (secondary N) is 2. The summed E-state index contributed by atoms with van der Waals surface area (Å²) in [5, 5.41) is 24.2. The predicted molar refractivity (Wildman–Crippen MR) is 80.9 cm³/mol. The molecule has 1 aromatic carbocycles. The molecule has 122 valence electrons. The molecule has 0 aliphatic rings. The van der Waals surface area contributed by atoms with Gasteiger partial charge in [-0.3, -0.25) is 10.1 Å². The number of allylic oxidation sites excluding steroid dienone is 1.